The number of hydrogen-bond donors (Lipinski definition) is 0. The summed E-state index contributed by atoms with van der Waals surface area (Å²) >= 11 is 5.87. The van der Waals surface area contributed by atoms with Crippen LogP contribution in [0.1, 0.15) is 38.2 Å². The van der Waals surface area contributed by atoms with Gasteiger partial charge in [-0.1, -0.05) is 31.0 Å². The van der Waals surface area contributed by atoms with Gasteiger partial charge in [-0.25, -0.2) is 0 Å². The second-order valence-corrected chi connectivity index (χ2v) is 6.13. The fraction of sp³-hybridized carbons (Fsp3) is 0.533. The molecule has 6 heteroatoms. The Balaban J connectivity index is 2.43. The maximum atomic E-state index is 11.7. The molecule has 1 aromatic rings. The molecule has 0 spiro atoms. The summed E-state index contributed by atoms with van der Waals surface area (Å²) in [5.74, 6) is 0.0272. The number of ether oxygens (including phenoxy) is 1. The van der Waals surface area contributed by atoms with Crippen molar-refractivity contribution in [2.24, 2.45) is 5.92 Å². The van der Waals surface area contributed by atoms with Crippen LogP contribution >= 0.6 is 11.6 Å². The predicted molar refractivity (Wildman–Crippen MR) is 79.4 cm³/mol. The lowest BCUT2D eigenvalue weighted by molar-refractivity contribution is -0.384. The summed E-state index contributed by atoms with van der Waals surface area (Å²) in [5, 5.41) is 11.2. The Bertz CT molecular complexity index is 571. The van der Waals surface area contributed by atoms with Crippen LogP contribution in [0.25, 0.3) is 0 Å². The van der Waals surface area contributed by atoms with Crippen LogP contribution in [0.15, 0.2) is 18.2 Å². The van der Waals surface area contributed by atoms with E-state index in [2.05, 4.69) is 0 Å². The van der Waals surface area contributed by atoms with Crippen LogP contribution in [0.4, 0.5) is 5.69 Å². The van der Waals surface area contributed by atoms with E-state index in [0.29, 0.717) is 5.92 Å². The molecule has 5 nitrogen and oxygen atoms in total. The molecular weight excluding hydrogens is 294 g/mol. The molecule has 0 aromatic heterocycles. The quantitative estimate of drug-likeness (QED) is 0.470. The third-order valence-electron chi connectivity index (χ3n) is 4.55. The molecule has 0 N–H and O–H groups in total. The van der Waals surface area contributed by atoms with Gasteiger partial charge in [0.2, 0.25) is 0 Å². The largest absolute Gasteiger partial charge is 0.469 e. The fourth-order valence-corrected chi connectivity index (χ4v) is 3.09. The number of esters is 1. The zero-order valence-corrected chi connectivity index (χ0v) is 12.9. The average Bonchev–Trinajstić information content (AvgIpc) is 2.36. The molecule has 1 saturated carbocycles. The van der Waals surface area contributed by atoms with Crippen molar-refractivity contribution in [1.82, 2.24) is 0 Å². The van der Waals surface area contributed by atoms with Crippen LogP contribution in [0.5, 0.6) is 0 Å². The number of carbonyl (C=O) groups is 1. The van der Waals surface area contributed by atoms with Gasteiger partial charge in [0.25, 0.3) is 5.69 Å². The number of nitrogens with zero attached hydrogens (tertiary/aromatic N) is 1. The first-order valence-corrected chi connectivity index (χ1v) is 7.27. The topological polar surface area (TPSA) is 69.4 Å². The van der Waals surface area contributed by atoms with Crippen molar-refractivity contribution in [1.29, 1.82) is 0 Å². The van der Waals surface area contributed by atoms with Crippen LogP contribution in [0.3, 0.4) is 0 Å². The predicted octanol–water partition coefficient (Wildman–Crippen LogP) is 3.87. The molecule has 1 fully saturated rings. The molecule has 1 aromatic carbocycles. The minimum absolute atomic E-state index is 0.109. The van der Waals surface area contributed by atoms with E-state index in [-0.39, 0.29) is 23.1 Å². The van der Waals surface area contributed by atoms with Crippen molar-refractivity contribution in [2.75, 3.05) is 7.11 Å². The maximum absolute atomic E-state index is 11.7. The maximum Gasteiger partial charge on any atom is 0.306 e. The average molecular weight is 312 g/mol. The molecule has 1 aliphatic carbocycles. The number of nitro benzene ring substituents is 1. The Morgan fingerprint density at radius 3 is 2.67 bits per heavy atom. The number of hydrogen-bond acceptors (Lipinski definition) is 4. The van der Waals surface area contributed by atoms with Crippen LogP contribution < -0.4 is 0 Å². The van der Waals surface area contributed by atoms with Gasteiger partial charge in [-0.05, 0) is 30.4 Å². The van der Waals surface area contributed by atoms with E-state index >= 15 is 0 Å². The van der Waals surface area contributed by atoms with Crippen molar-refractivity contribution in [3.63, 3.8) is 0 Å². The van der Waals surface area contributed by atoms with E-state index in [4.69, 9.17) is 16.3 Å². The molecule has 0 aliphatic heterocycles. The van der Waals surface area contributed by atoms with E-state index in [9.17, 15) is 14.9 Å². The van der Waals surface area contributed by atoms with Gasteiger partial charge in [-0.2, -0.15) is 0 Å². The highest BCUT2D eigenvalue weighted by Crippen LogP contribution is 2.47. The molecule has 0 bridgehead atoms. The molecule has 0 heterocycles. The first kappa shape index (κ1) is 15.8. The Morgan fingerprint density at radius 2 is 2.19 bits per heavy atom. The standard InChI is InChI=1S/C15H18ClNO4/c1-15(9-14(18)21-2,10-4-3-5-10)11-6-7-12(16)13(8-11)17(19)20/h6-8,10H,3-5,9H2,1-2H3. The van der Waals surface area contributed by atoms with Gasteiger partial charge < -0.3 is 4.74 Å². The number of rotatable bonds is 5. The smallest absolute Gasteiger partial charge is 0.306 e. The Morgan fingerprint density at radius 1 is 1.52 bits per heavy atom. The van der Waals surface area contributed by atoms with E-state index in [1.165, 1.54) is 19.2 Å². The summed E-state index contributed by atoms with van der Waals surface area (Å²) in [5.41, 5.74) is 0.194. The Hall–Kier alpha value is -1.62. The third-order valence-corrected chi connectivity index (χ3v) is 4.87. The Kier molecular flexibility index (Phi) is 4.52. The van der Waals surface area contributed by atoms with Gasteiger partial charge in [0.15, 0.2) is 0 Å². The first-order valence-electron chi connectivity index (χ1n) is 6.89. The minimum Gasteiger partial charge on any atom is -0.469 e. The Labute approximate surface area is 128 Å². The number of carbonyl (C=O) groups excluding carboxylic acids is 1. The van der Waals surface area contributed by atoms with Crippen LogP contribution in [-0.4, -0.2) is 18.0 Å². The zero-order chi connectivity index (χ0) is 15.6. The van der Waals surface area contributed by atoms with Gasteiger partial charge in [0, 0.05) is 11.5 Å². The summed E-state index contributed by atoms with van der Waals surface area (Å²) in [6.07, 6.45) is 3.37. The van der Waals surface area contributed by atoms with Gasteiger partial charge in [0.1, 0.15) is 5.02 Å². The molecule has 1 atom stereocenters. The molecular formula is C15H18ClNO4. The number of methoxy groups -OCH3 is 1. The molecule has 2 rings (SSSR count). The van der Waals surface area contributed by atoms with Crippen molar-refractivity contribution in [3.05, 3.63) is 38.9 Å². The monoisotopic (exact) mass is 311 g/mol. The number of nitro groups is 1. The lowest BCUT2D eigenvalue weighted by atomic mass is 9.61. The molecule has 1 aliphatic rings. The van der Waals surface area contributed by atoms with Gasteiger partial charge in [-0.15, -0.1) is 0 Å². The molecule has 0 saturated heterocycles. The SMILES string of the molecule is COC(=O)CC(C)(c1ccc(Cl)c([N+](=O)[O-])c1)C1CCC1. The highest BCUT2D eigenvalue weighted by molar-refractivity contribution is 6.32. The van der Waals surface area contributed by atoms with E-state index < -0.39 is 10.3 Å². The van der Waals surface area contributed by atoms with Gasteiger partial charge in [0.05, 0.1) is 18.5 Å². The van der Waals surface area contributed by atoms with E-state index in [0.717, 1.165) is 24.8 Å². The van der Waals surface area contributed by atoms with E-state index in [1.54, 1.807) is 6.07 Å². The van der Waals surface area contributed by atoms with Gasteiger partial charge >= 0.3 is 5.97 Å². The first-order chi connectivity index (χ1) is 9.88. The molecule has 21 heavy (non-hydrogen) atoms. The van der Waals surface area contributed by atoms with Crippen molar-refractivity contribution >= 4 is 23.3 Å². The fourth-order valence-electron chi connectivity index (χ4n) is 2.91. The highest BCUT2D eigenvalue weighted by Gasteiger charge is 2.42. The minimum atomic E-state index is -0.495. The second kappa shape index (κ2) is 6.02. The van der Waals surface area contributed by atoms with Crippen LogP contribution in [0.2, 0.25) is 5.02 Å². The molecule has 0 radical (unpaired) electrons. The summed E-state index contributed by atoms with van der Waals surface area (Å²) in [6, 6.07) is 4.80. The summed E-state index contributed by atoms with van der Waals surface area (Å²) in [4.78, 5) is 22.3. The van der Waals surface area contributed by atoms with E-state index in [1.807, 2.05) is 6.92 Å². The summed E-state index contributed by atoms with van der Waals surface area (Å²) in [6.45, 7) is 1.97. The van der Waals surface area contributed by atoms with Crippen molar-refractivity contribution < 1.29 is 14.5 Å². The normalized spacial score (nSPS) is 17.7. The molecule has 0 amide bonds. The summed E-state index contributed by atoms with van der Waals surface area (Å²) < 4.78 is 4.79. The van der Waals surface area contributed by atoms with Crippen LogP contribution in [-0.2, 0) is 14.9 Å². The van der Waals surface area contributed by atoms with Gasteiger partial charge in [-0.3, -0.25) is 14.9 Å². The third kappa shape index (κ3) is 3.02. The van der Waals surface area contributed by atoms with Crippen molar-refractivity contribution in [2.45, 2.75) is 38.0 Å². The highest BCUT2D eigenvalue weighted by atomic mass is 35.5. The van der Waals surface area contributed by atoms with Crippen LogP contribution in [0, 0.1) is 16.0 Å². The number of halogens is 1. The summed E-state index contributed by atoms with van der Waals surface area (Å²) in [7, 11) is 1.35. The zero-order valence-electron chi connectivity index (χ0n) is 12.1. The van der Waals surface area contributed by atoms with Crippen molar-refractivity contribution in [3.8, 4) is 0 Å². The second-order valence-electron chi connectivity index (χ2n) is 5.72. The lowest BCUT2D eigenvalue weighted by Crippen LogP contribution is -2.38. The molecule has 114 valence electrons. The number of benzene rings is 1. The lowest BCUT2D eigenvalue weighted by Gasteiger charge is -2.42. The molecule has 1 unspecified atom stereocenters.